The second-order valence-electron chi connectivity index (χ2n) is 9.46. The summed E-state index contributed by atoms with van der Waals surface area (Å²) < 4.78 is 32.5. The van der Waals surface area contributed by atoms with E-state index in [1.54, 1.807) is 6.20 Å². The third-order valence-corrected chi connectivity index (χ3v) is 7.25. The van der Waals surface area contributed by atoms with Crippen LogP contribution in [0.5, 0.6) is 0 Å². The topological polar surface area (TPSA) is 57.6 Å². The van der Waals surface area contributed by atoms with Crippen LogP contribution >= 0.6 is 0 Å². The van der Waals surface area contributed by atoms with Crippen molar-refractivity contribution in [1.82, 2.24) is 4.90 Å². The highest BCUT2D eigenvalue weighted by molar-refractivity contribution is 7.85. The fourth-order valence-corrected chi connectivity index (χ4v) is 5.29. The van der Waals surface area contributed by atoms with E-state index in [2.05, 4.69) is 13.5 Å². The number of benzene rings is 1. The molecule has 190 valence electrons. The molecule has 0 spiro atoms. The molecule has 1 aromatic carbocycles. The zero-order chi connectivity index (χ0) is 24.2. The van der Waals surface area contributed by atoms with Crippen LogP contribution in [0.1, 0.15) is 109 Å². The van der Waals surface area contributed by atoms with Crippen molar-refractivity contribution >= 4 is 10.1 Å². The van der Waals surface area contributed by atoms with Crippen molar-refractivity contribution < 1.29 is 13.0 Å². The van der Waals surface area contributed by atoms with E-state index < -0.39 is 10.1 Å². The van der Waals surface area contributed by atoms with Gasteiger partial charge in [0.15, 0.2) is 0 Å². The predicted molar refractivity (Wildman–Crippen MR) is 142 cm³/mol. The standard InChI is InChI=1S/C28H49NO3S/c1-3-5-6-7-8-9-10-11-12-13-14-15-16-17-21-24-29(4-2)28(26-33(30,31)32)25-27-22-19-18-20-23-27/h4,18-20,22-23,28H,2-3,5-17,21,24-26H2,1H3,(H,30,31,32). The summed E-state index contributed by atoms with van der Waals surface area (Å²) in [6.45, 7) is 6.93. The van der Waals surface area contributed by atoms with Crippen LogP contribution in [0.25, 0.3) is 0 Å². The van der Waals surface area contributed by atoms with Gasteiger partial charge < -0.3 is 4.90 Å². The average molecular weight is 480 g/mol. The quantitative estimate of drug-likeness (QED) is 0.136. The van der Waals surface area contributed by atoms with E-state index in [1.165, 1.54) is 83.5 Å². The van der Waals surface area contributed by atoms with Gasteiger partial charge in [-0.2, -0.15) is 8.42 Å². The molecule has 0 aliphatic carbocycles. The molecule has 0 fully saturated rings. The number of unbranched alkanes of at least 4 members (excludes halogenated alkanes) is 14. The van der Waals surface area contributed by atoms with E-state index in [1.807, 2.05) is 35.2 Å². The van der Waals surface area contributed by atoms with Gasteiger partial charge in [-0.05, 0) is 24.6 Å². The van der Waals surface area contributed by atoms with E-state index >= 15 is 0 Å². The van der Waals surface area contributed by atoms with Crippen LogP contribution < -0.4 is 0 Å². The second kappa shape index (κ2) is 19.0. The Hall–Kier alpha value is -1.33. The fourth-order valence-electron chi connectivity index (χ4n) is 4.49. The van der Waals surface area contributed by atoms with Gasteiger partial charge in [0.25, 0.3) is 10.1 Å². The molecule has 33 heavy (non-hydrogen) atoms. The normalized spacial score (nSPS) is 12.5. The van der Waals surface area contributed by atoms with Crippen molar-refractivity contribution in [2.24, 2.45) is 0 Å². The Labute approximate surface area is 204 Å². The van der Waals surface area contributed by atoms with Crippen LogP contribution in [-0.4, -0.2) is 36.2 Å². The first-order valence-corrected chi connectivity index (χ1v) is 14.9. The summed E-state index contributed by atoms with van der Waals surface area (Å²) in [4.78, 5) is 1.99. The highest BCUT2D eigenvalue weighted by Gasteiger charge is 2.22. The Balaban J connectivity index is 2.15. The van der Waals surface area contributed by atoms with Crippen molar-refractivity contribution in [2.45, 2.75) is 116 Å². The van der Waals surface area contributed by atoms with E-state index in [9.17, 15) is 13.0 Å². The molecular formula is C28H49NO3S. The Bertz CT molecular complexity index is 690. The van der Waals surface area contributed by atoms with Gasteiger partial charge in [0.2, 0.25) is 0 Å². The first-order chi connectivity index (χ1) is 16.0. The number of hydrogen-bond donors (Lipinski definition) is 1. The Morgan fingerprint density at radius 1 is 0.818 bits per heavy atom. The first-order valence-electron chi connectivity index (χ1n) is 13.3. The van der Waals surface area contributed by atoms with E-state index in [0.717, 1.165) is 24.9 Å². The number of nitrogens with zero attached hydrogens (tertiary/aromatic N) is 1. The van der Waals surface area contributed by atoms with Gasteiger partial charge in [-0.1, -0.05) is 134 Å². The fraction of sp³-hybridized carbons (Fsp3) is 0.714. The molecule has 0 radical (unpaired) electrons. The summed E-state index contributed by atoms with van der Waals surface area (Å²) >= 11 is 0. The van der Waals surface area contributed by atoms with Gasteiger partial charge in [-0.3, -0.25) is 4.55 Å². The van der Waals surface area contributed by atoms with E-state index in [4.69, 9.17) is 0 Å². The summed E-state index contributed by atoms with van der Waals surface area (Å²) in [5.41, 5.74) is 1.06. The molecule has 5 heteroatoms. The van der Waals surface area contributed by atoms with Crippen LogP contribution in [0.4, 0.5) is 0 Å². The summed E-state index contributed by atoms with van der Waals surface area (Å²) in [6.07, 6.45) is 22.2. The van der Waals surface area contributed by atoms with Crippen LogP contribution in [0.3, 0.4) is 0 Å². The Morgan fingerprint density at radius 3 is 1.70 bits per heavy atom. The van der Waals surface area contributed by atoms with Gasteiger partial charge in [0.1, 0.15) is 0 Å². The maximum atomic E-state index is 11.6. The molecule has 1 atom stereocenters. The SMILES string of the molecule is C=CN(CCCCCCCCCCCCCCCCC)C(Cc1ccccc1)CS(=O)(=O)O. The zero-order valence-electron chi connectivity index (χ0n) is 21.1. The highest BCUT2D eigenvalue weighted by Crippen LogP contribution is 2.16. The largest absolute Gasteiger partial charge is 0.374 e. The lowest BCUT2D eigenvalue weighted by molar-refractivity contribution is 0.282. The van der Waals surface area contributed by atoms with E-state index in [0.29, 0.717) is 6.42 Å². The smallest absolute Gasteiger partial charge is 0.266 e. The van der Waals surface area contributed by atoms with Gasteiger partial charge in [-0.15, -0.1) is 0 Å². The molecule has 1 unspecified atom stereocenters. The van der Waals surface area contributed by atoms with Gasteiger partial charge >= 0.3 is 0 Å². The zero-order valence-corrected chi connectivity index (χ0v) is 21.9. The Morgan fingerprint density at radius 2 is 1.27 bits per heavy atom. The van der Waals surface area contributed by atoms with E-state index in [-0.39, 0.29) is 11.8 Å². The lowest BCUT2D eigenvalue weighted by Gasteiger charge is -2.30. The molecule has 0 amide bonds. The third-order valence-electron chi connectivity index (χ3n) is 6.44. The molecule has 0 bridgehead atoms. The Kier molecular flexibility index (Phi) is 17.1. The van der Waals surface area contributed by atoms with Crippen molar-refractivity contribution in [3.05, 3.63) is 48.7 Å². The van der Waals surface area contributed by atoms with Crippen LogP contribution in [-0.2, 0) is 16.5 Å². The second-order valence-corrected chi connectivity index (χ2v) is 11.0. The molecule has 0 saturated heterocycles. The van der Waals surface area contributed by atoms with Crippen LogP contribution in [0.2, 0.25) is 0 Å². The molecule has 1 rings (SSSR count). The predicted octanol–water partition coefficient (Wildman–Crippen LogP) is 7.80. The first kappa shape index (κ1) is 29.7. The molecule has 0 heterocycles. The summed E-state index contributed by atoms with van der Waals surface area (Å²) in [6, 6.07) is 9.53. The molecule has 0 aliphatic heterocycles. The summed E-state index contributed by atoms with van der Waals surface area (Å²) in [7, 11) is -4.05. The molecule has 1 aromatic rings. The number of rotatable bonds is 22. The average Bonchev–Trinajstić information content (AvgIpc) is 2.78. The lowest BCUT2D eigenvalue weighted by atomic mass is 10.0. The summed E-state index contributed by atoms with van der Waals surface area (Å²) in [5.74, 6) is -0.271. The van der Waals surface area contributed by atoms with Crippen LogP contribution in [0.15, 0.2) is 43.1 Å². The molecule has 0 saturated carbocycles. The van der Waals surface area contributed by atoms with Gasteiger partial charge in [0.05, 0.1) is 5.75 Å². The highest BCUT2D eigenvalue weighted by atomic mass is 32.2. The molecule has 4 nitrogen and oxygen atoms in total. The minimum atomic E-state index is -4.05. The number of hydrogen-bond acceptors (Lipinski definition) is 3. The minimum absolute atomic E-state index is 0.271. The van der Waals surface area contributed by atoms with Crippen molar-refractivity contribution in [3.63, 3.8) is 0 Å². The van der Waals surface area contributed by atoms with Crippen molar-refractivity contribution in [3.8, 4) is 0 Å². The van der Waals surface area contributed by atoms with Gasteiger partial charge in [-0.25, -0.2) is 0 Å². The summed E-state index contributed by atoms with van der Waals surface area (Å²) in [5, 5.41) is 0. The lowest BCUT2D eigenvalue weighted by Crippen LogP contribution is -2.38. The molecule has 0 aromatic heterocycles. The third kappa shape index (κ3) is 16.9. The van der Waals surface area contributed by atoms with Crippen LogP contribution in [0, 0.1) is 0 Å². The minimum Gasteiger partial charge on any atom is -0.374 e. The maximum Gasteiger partial charge on any atom is 0.266 e. The maximum absolute atomic E-state index is 11.6. The van der Waals surface area contributed by atoms with Crippen molar-refractivity contribution in [2.75, 3.05) is 12.3 Å². The molecule has 0 aliphatic rings. The monoisotopic (exact) mass is 479 g/mol. The van der Waals surface area contributed by atoms with Crippen molar-refractivity contribution in [1.29, 1.82) is 0 Å². The molecule has 1 N–H and O–H groups in total. The molecular weight excluding hydrogens is 430 g/mol. The van der Waals surface area contributed by atoms with Gasteiger partial charge in [0, 0.05) is 12.6 Å².